The van der Waals surface area contributed by atoms with E-state index in [1.165, 1.54) is 18.2 Å². The summed E-state index contributed by atoms with van der Waals surface area (Å²) in [5, 5.41) is 4.66. The van der Waals surface area contributed by atoms with E-state index in [1.54, 1.807) is 27.8 Å². The fraction of sp³-hybridized carbons (Fsp3) is 0.182. The number of nitrogens with zero attached hydrogens (tertiary/aromatic N) is 3. The Kier molecular flexibility index (Phi) is 5.67. The summed E-state index contributed by atoms with van der Waals surface area (Å²) < 4.78 is 26.6. The molecular weight excluding hydrogens is 389 g/mol. The highest BCUT2D eigenvalue weighted by atomic mass is 32.2. The van der Waals surface area contributed by atoms with Crippen LogP contribution in [0.2, 0.25) is 0 Å². The standard InChI is InChI=1S/C22H20FN3O2S/c23-19-9-6-17(7-10-19)22-18(16-26(24-22)20-4-2-1-3-5-20)8-11-21(27)25-12-14-29(28)15-13-25/h1-11,16H,12-15H2/b11-8+. The van der Waals surface area contributed by atoms with Crippen molar-refractivity contribution in [2.45, 2.75) is 0 Å². The third-order valence-electron chi connectivity index (χ3n) is 4.78. The molecule has 2 heterocycles. The summed E-state index contributed by atoms with van der Waals surface area (Å²) in [6.45, 7) is 1.01. The number of carbonyl (C=O) groups is 1. The molecule has 7 heteroatoms. The van der Waals surface area contributed by atoms with Crippen molar-refractivity contribution in [3.05, 3.63) is 78.3 Å². The Hall–Kier alpha value is -3.06. The van der Waals surface area contributed by atoms with Crippen molar-refractivity contribution in [1.29, 1.82) is 0 Å². The van der Waals surface area contributed by atoms with Gasteiger partial charge in [0.2, 0.25) is 5.91 Å². The van der Waals surface area contributed by atoms with Crippen molar-refractivity contribution in [3.8, 4) is 16.9 Å². The topological polar surface area (TPSA) is 55.2 Å². The van der Waals surface area contributed by atoms with Gasteiger partial charge < -0.3 is 4.90 Å². The number of hydrogen-bond acceptors (Lipinski definition) is 3. The van der Waals surface area contributed by atoms with Crippen LogP contribution in [0, 0.1) is 5.82 Å². The lowest BCUT2D eigenvalue weighted by Gasteiger charge is -2.24. The average molecular weight is 409 g/mol. The first kappa shape index (κ1) is 19.3. The Morgan fingerprint density at radius 3 is 2.41 bits per heavy atom. The van der Waals surface area contributed by atoms with Crippen molar-refractivity contribution in [2.75, 3.05) is 24.6 Å². The number of rotatable bonds is 4. The van der Waals surface area contributed by atoms with Gasteiger partial charge in [-0.1, -0.05) is 18.2 Å². The highest BCUT2D eigenvalue weighted by molar-refractivity contribution is 7.85. The predicted molar refractivity (Wildman–Crippen MR) is 112 cm³/mol. The summed E-state index contributed by atoms with van der Waals surface area (Å²) >= 11 is 0. The Morgan fingerprint density at radius 2 is 1.72 bits per heavy atom. The SMILES string of the molecule is O=C(/C=C/c1cn(-c2ccccc2)nc1-c1ccc(F)cc1)N1CCS(=O)CC1. The minimum absolute atomic E-state index is 0.112. The Balaban J connectivity index is 1.65. The summed E-state index contributed by atoms with van der Waals surface area (Å²) in [4.78, 5) is 14.2. The van der Waals surface area contributed by atoms with E-state index in [9.17, 15) is 13.4 Å². The molecule has 5 nitrogen and oxygen atoms in total. The van der Waals surface area contributed by atoms with Gasteiger partial charge in [-0.05, 0) is 42.5 Å². The zero-order chi connectivity index (χ0) is 20.2. The molecule has 0 N–H and O–H groups in total. The van der Waals surface area contributed by atoms with Crippen LogP contribution in [0.1, 0.15) is 5.56 Å². The lowest BCUT2D eigenvalue weighted by atomic mass is 10.1. The highest BCUT2D eigenvalue weighted by Gasteiger charge is 2.18. The van der Waals surface area contributed by atoms with Crippen LogP contribution in [0.25, 0.3) is 23.0 Å². The van der Waals surface area contributed by atoms with Gasteiger partial charge in [0.05, 0.1) is 11.4 Å². The molecule has 0 saturated carbocycles. The Morgan fingerprint density at radius 1 is 1.03 bits per heavy atom. The predicted octanol–water partition coefficient (Wildman–Crippen LogP) is 3.28. The second-order valence-electron chi connectivity index (χ2n) is 6.73. The molecule has 29 heavy (non-hydrogen) atoms. The molecule has 0 bridgehead atoms. The molecule has 0 aliphatic carbocycles. The van der Waals surface area contributed by atoms with E-state index >= 15 is 0 Å². The van der Waals surface area contributed by atoms with Crippen LogP contribution in [0.4, 0.5) is 4.39 Å². The molecule has 2 aromatic carbocycles. The normalized spacial score (nSPS) is 15.1. The number of halogens is 1. The molecule has 3 aromatic rings. The van der Waals surface area contributed by atoms with Gasteiger partial charge in [0.1, 0.15) is 5.82 Å². The zero-order valence-electron chi connectivity index (χ0n) is 15.7. The van der Waals surface area contributed by atoms with E-state index < -0.39 is 10.8 Å². The van der Waals surface area contributed by atoms with Gasteiger partial charge in [-0.15, -0.1) is 0 Å². The third-order valence-corrected chi connectivity index (χ3v) is 6.05. The number of hydrogen-bond donors (Lipinski definition) is 0. The largest absolute Gasteiger partial charge is 0.337 e. The summed E-state index contributed by atoms with van der Waals surface area (Å²) in [7, 11) is -0.828. The Bertz CT molecular complexity index is 1050. The fourth-order valence-corrected chi connectivity index (χ4v) is 4.23. The summed E-state index contributed by atoms with van der Waals surface area (Å²) in [5.74, 6) is 0.615. The molecule has 0 radical (unpaired) electrons. The molecule has 0 spiro atoms. The molecule has 0 atom stereocenters. The Labute approximate surface area is 170 Å². The van der Waals surface area contributed by atoms with Gasteiger partial charge in [0, 0.05) is 58.8 Å². The van der Waals surface area contributed by atoms with Crippen molar-refractivity contribution in [1.82, 2.24) is 14.7 Å². The van der Waals surface area contributed by atoms with E-state index in [1.807, 2.05) is 36.5 Å². The first-order valence-electron chi connectivity index (χ1n) is 9.33. The minimum Gasteiger partial charge on any atom is -0.337 e. The van der Waals surface area contributed by atoms with Crippen LogP contribution < -0.4 is 0 Å². The highest BCUT2D eigenvalue weighted by Crippen LogP contribution is 2.25. The van der Waals surface area contributed by atoms with Gasteiger partial charge in [-0.25, -0.2) is 9.07 Å². The van der Waals surface area contributed by atoms with Crippen LogP contribution >= 0.6 is 0 Å². The molecule has 1 fully saturated rings. The average Bonchev–Trinajstić information content (AvgIpc) is 3.18. The van der Waals surface area contributed by atoms with Crippen LogP contribution in [0.15, 0.2) is 66.9 Å². The molecule has 1 aliphatic rings. The third kappa shape index (κ3) is 4.51. The lowest BCUT2D eigenvalue weighted by molar-refractivity contribution is -0.125. The smallest absolute Gasteiger partial charge is 0.246 e. The molecular formula is C22H20FN3O2S. The lowest BCUT2D eigenvalue weighted by Crippen LogP contribution is -2.40. The van der Waals surface area contributed by atoms with E-state index in [-0.39, 0.29) is 11.7 Å². The zero-order valence-corrected chi connectivity index (χ0v) is 16.5. The molecule has 1 aliphatic heterocycles. The number of carbonyl (C=O) groups excluding carboxylic acids is 1. The van der Waals surface area contributed by atoms with Crippen LogP contribution in [0.5, 0.6) is 0 Å². The molecule has 0 unspecified atom stereocenters. The maximum atomic E-state index is 13.3. The van der Waals surface area contributed by atoms with Gasteiger partial charge in [-0.3, -0.25) is 9.00 Å². The van der Waals surface area contributed by atoms with E-state index in [2.05, 4.69) is 5.10 Å². The maximum absolute atomic E-state index is 13.3. The molecule has 4 rings (SSSR count). The van der Waals surface area contributed by atoms with Crippen LogP contribution in [0.3, 0.4) is 0 Å². The maximum Gasteiger partial charge on any atom is 0.246 e. The van der Waals surface area contributed by atoms with Crippen molar-refractivity contribution in [3.63, 3.8) is 0 Å². The van der Waals surface area contributed by atoms with E-state index in [0.29, 0.717) is 30.3 Å². The van der Waals surface area contributed by atoms with Crippen molar-refractivity contribution in [2.24, 2.45) is 0 Å². The van der Waals surface area contributed by atoms with Crippen LogP contribution in [-0.2, 0) is 15.6 Å². The molecule has 1 aromatic heterocycles. The molecule has 1 amide bonds. The minimum atomic E-state index is -0.828. The van der Waals surface area contributed by atoms with Gasteiger partial charge in [0.15, 0.2) is 0 Å². The first-order valence-corrected chi connectivity index (χ1v) is 10.8. The second-order valence-corrected chi connectivity index (χ2v) is 8.42. The molecule has 148 valence electrons. The fourth-order valence-electron chi connectivity index (χ4n) is 3.18. The number of aromatic nitrogens is 2. The van der Waals surface area contributed by atoms with Crippen molar-refractivity contribution >= 4 is 22.8 Å². The summed E-state index contributed by atoms with van der Waals surface area (Å²) in [6.07, 6.45) is 5.11. The van der Waals surface area contributed by atoms with E-state index in [4.69, 9.17) is 0 Å². The van der Waals surface area contributed by atoms with Crippen LogP contribution in [-0.4, -0.2) is 49.4 Å². The summed E-state index contributed by atoms with van der Waals surface area (Å²) in [5.41, 5.74) is 3.08. The molecule has 1 saturated heterocycles. The van der Waals surface area contributed by atoms with E-state index in [0.717, 1.165) is 16.8 Å². The number of para-hydroxylation sites is 1. The van der Waals surface area contributed by atoms with Gasteiger partial charge >= 0.3 is 0 Å². The van der Waals surface area contributed by atoms with Gasteiger partial charge in [-0.2, -0.15) is 5.10 Å². The summed E-state index contributed by atoms with van der Waals surface area (Å²) in [6, 6.07) is 15.8. The van der Waals surface area contributed by atoms with Gasteiger partial charge in [0.25, 0.3) is 0 Å². The first-order chi connectivity index (χ1) is 14.1. The quantitative estimate of drug-likeness (QED) is 0.622. The number of amides is 1. The second kappa shape index (κ2) is 8.53. The van der Waals surface area contributed by atoms with Crippen molar-refractivity contribution < 1.29 is 13.4 Å². The number of benzene rings is 2. The monoisotopic (exact) mass is 409 g/mol.